The molecule has 0 aliphatic carbocycles. The Morgan fingerprint density at radius 2 is 2.14 bits per heavy atom. The fourth-order valence-electron chi connectivity index (χ4n) is 3.43. The summed E-state index contributed by atoms with van der Waals surface area (Å²) in [5.74, 6) is 0.792. The van der Waals surface area contributed by atoms with E-state index in [9.17, 15) is 13.2 Å². The fraction of sp³-hybridized carbons (Fsp3) is 0.579. The highest BCUT2D eigenvalue weighted by Crippen LogP contribution is 2.33. The molecule has 3 rings (SSSR count). The van der Waals surface area contributed by atoms with Gasteiger partial charge in [-0.25, -0.2) is 9.98 Å². The molecule has 0 radical (unpaired) electrons. The summed E-state index contributed by atoms with van der Waals surface area (Å²) < 4.78 is 43.4. The number of aliphatic imine (C=N–C) groups is 1. The molecule has 29 heavy (non-hydrogen) atoms. The van der Waals surface area contributed by atoms with Gasteiger partial charge in [0.05, 0.1) is 12.1 Å². The number of likely N-dealkylation sites (tertiary alicyclic amines) is 1. The Labute approximate surface area is 173 Å². The summed E-state index contributed by atoms with van der Waals surface area (Å²) in [4.78, 5) is 12.9. The Hall–Kier alpha value is -2.00. The average molecular weight is 432 g/mol. The Balaban J connectivity index is 1.52. The quantitative estimate of drug-likeness (QED) is 0.325. The molecule has 0 bridgehead atoms. The van der Waals surface area contributed by atoms with Gasteiger partial charge in [-0.15, -0.1) is 0 Å². The van der Waals surface area contributed by atoms with Gasteiger partial charge in [0, 0.05) is 45.0 Å². The van der Waals surface area contributed by atoms with Gasteiger partial charge in [-0.1, -0.05) is 23.8 Å². The van der Waals surface area contributed by atoms with Gasteiger partial charge in [-0.05, 0) is 19.4 Å². The lowest BCUT2D eigenvalue weighted by atomic mass is 10.2. The normalized spacial score (nSPS) is 20.5. The second-order valence-electron chi connectivity index (χ2n) is 6.91. The maximum absolute atomic E-state index is 12.7. The SMILES string of the molecule is CCNC(=NCCOc1ncc(C(F)(F)F)cc1Cl)N1CCC(N2CC=CC2)C1. The zero-order chi connectivity index (χ0) is 20.9. The predicted molar refractivity (Wildman–Crippen MR) is 106 cm³/mol. The van der Waals surface area contributed by atoms with Crippen LogP contribution >= 0.6 is 11.6 Å². The number of guanidine groups is 1. The summed E-state index contributed by atoms with van der Waals surface area (Å²) >= 11 is 5.85. The number of alkyl halides is 3. The van der Waals surface area contributed by atoms with Crippen molar-refractivity contribution < 1.29 is 17.9 Å². The number of pyridine rings is 1. The Kier molecular flexibility index (Phi) is 7.23. The molecule has 1 saturated heterocycles. The number of hydrogen-bond donors (Lipinski definition) is 1. The van der Waals surface area contributed by atoms with Gasteiger partial charge >= 0.3 is 6.18 Å². The average Bonchev–Trinajstić information content (AvgIpc) is 3.35. The summed E-state index contributed by atoms with van der Waals surface area (Å²) in [6.45, 7) is 7.12. The second kappa shape index (κ2) is 9.67. The molecule has 1 atom stereocenters. The molecule has 1 aromatic rings. The number of rotatable bonds is 6. The lowest BCUT2D eigenvalue weighted by molar-refractivity contribution is -0.137. The Morgan fingerprint density at radius 1 is 1.38 bits per heavy atom. The summed E-state index contributed by atoms with van der Waals surface area (Å²) in [7, 11) is 0. The van der Waals surface area contributed by atoms with E-state index in [4.69, 9.17) is 16.3 Å². The van der Waals surface area contributed by atoms with E-state index in [2.05, 4.69) is 37.2 Å². The van der Waals surface area contributed by atoms with E-state index in [1.807, 2.05) is 6.92 Å². The first-order valence-corrected chi connectivity index (χ1v) is 10.0. The van der Waals surface area contributed by atoms with E-state index in [-0.39, 0.29) is 17.5 Å². The largest absolute Gasteiger partial charge is 0.475 e. The summed E-state index contributed by atoms with van der Waals surface area (Å²) in [5.41, 5.74) is -0.904. The van der Waals surface area contributed by atoms with Crippen molar-refractivity contribution in [3.05, 3.63) is 35.0 Å². The second-order valence-corrected chi connectivity index (χ2v) is 7.31. The van der Waals surface area contributed by atoms with Crippen molar-refractivity contribution in [2.24, 2.45) is 4.99 Å². The van der Waals surface area contributed by atoms with Crippen molar-refractivity contribution in [3.8, 4) is 5.88 Å². The fourth-order valence-corrected chi connectivity index (χ4v) is 3.65. The highest BCUT2D eigenvalue weighted by molar-refractivity contribution is 6.31. The zero-order valence-electron chi connectivity index (χ0n) is 16.3. The number of nitrogens with zero attached hydrogens (tertiary/aromatic N) is 4. The van der Waals surface area contributed by atoms with E-state index >= 15 is 0 Å². The van der Waals surface area contributed by atoms with Crippen LogP contribution in [0.1, 0.15) is 18.9 Å². The van der Waals surface area contributed by atoms with E-state index in [0.29, 0.717) is 18.8 Å². The highest BCUT2D eigenvalue weighted by Gasteiger charge is 2.32. The van der Waals surface area contributed by atoms with Crippen LogP contribution in [0, 0.1) is 0 Å². The molecule has 1 unspecified atom stereocenters. The minimum atomic E-state index is -4.49. The van der Waals surface area contributed by atoms with Gasteiger partial charge < -0.3 is 15.0 Å². The van der Waals surface area contributed by atoms with Crippen molar-refractivity contribution in [1.29, 1.82) is 0 Å². The van der Waals surface area contributed by atoms with Gasteiger partial charge in [0.15, 0.2) is 5.96 Å². The number of hydrogen-bond acceptors (Lipinski definition) is 4. The van der Waals surface area contributed by atoms with E-state index in [1.165, 1.54) is 0 Å². The van der Waals surface area contributed by atoms with Crippen LogP contribution in [-0.4, -0.2) is 72.7 Å². The third kappa shape index (κ3) is 5.76. The summed E-state index contributed by atoms with van der Waals surface area (Å²) in [5, 5.41) is 3.12. The van der Waals surface area contributed by atoms with Crippen molar-refractivity contribution in [2.75, 3.05) is 45.9 Å². The number of nitrogens with one attached hydrogen (secondary N) is 1. The van der Waals surface area contributed by atoms with E-state index in [1.54, 1.807) is 0 Å². The monoisotopic (exact) mass is 431 g/mol. The first-order chi connectivity index (χ1) is 13.9. The maximum atomic E-state index is 12.7. The first-order valence-electron chi connectivity index (χ1n) is 9.66. The molecule has 10 heteroatoms. The van der Waals surface area contributed by atoms with Gasteiger partial charge in [0.1, 0.15) is 11.6 Å². The van der Waals surface area contributed by atoms with E-state index in [0.717, 1.165) is 51.2 Å². The third-order valence-electron chi connectivity index (χ3n) is 4.89. The Bertz CT molecular complexity index is 748. The van der Waals surface area contributed by atoms with Crippen molar-refractivity contribution >= 4 is 17.6 Å². The van der Waals surface area contributed by atoms with Gasteiger partial charge in [0.25, 0.3) is 0 Å². The van der Waals surface area contributed by atoms with Crippen LogP contribution in [0.25, 0.3) is 0 Å². The van der Waals surface area contributed by atoms with Crippen LogP contribution < -0.4 is 10.1 Å². The van der Waals surface area contributed by atoms with Crippen LogP contribution in [-0.2, 0) is 6.18 Å². The minimum Gasteiger partial charge on any atom is -0.475 e. The van der Waals surface area contributed by atoms with Crippen LogP contribution in [0.4, 0.5) is 13.2 Å². The van der Waals surface area contributed by atoms with Gasteiger partial charge in [-0.2, -0.15) is 13.2 Å². The summed E-state index contributed by atoms with van der Waals surface area (Å²) in [6, 6.07) is 1.33. The van der Waals surface area contributed by atoms with E-state index < -0.39 is 11.7 Å². The van der Waals surface area contributed by atoms with Gasteiger partial charge in [0.2, 0.25) is 5.88 Å². The molecule has 160 valence electrons. The summed E-state index contributed by atoms with van der Waals surface area (Å²) in [6.07, 6.45) is 1.71. The van der Waals surface area contributed by atoms with Crippen LogP contribution in [0.15, 0.2) is 29.4 Å². The zero-order valence-corrected chi connectivity index (χ0v) is 17.0. The number of ether oxygens (including phenoxy) is 1. The third-order valence-corrected chi connectivity index (χ3v) is 5.16. The molecular formula is C19H25ClF3N5O. The van der Waals surface area contributed by atoms with Crippen molar-refractivity contribution in [3.63, 3.8) is 0 Å². The lowest BCUT2D eigenvalue weighted by Gasteiger charge is -2.25. The minimum absolute atomic E-state index is 0.0253. The maximum Gasteiger partial charge on any atom is 0.417 e. The molecule has 3 heterocycles. The van der Waals surface area contributed by atoms with Crippen LogP contribution in [0.3, 0.4) is 0 Å². The number of aromatic nitrogens is 1. The first kappa shape index (κ1) is 21.7. The van der Waals surface area contributed by atoms with Crippen molar-refractivity contribution in [2.45, 2.75) is 25.6 Å². The Morgan fingerprint density at radius 3 is 2.79 bits per heavy atom. The smallest absolute Gasteiger partial charge is 0.417 e. The molecule has 0 aromatic carbocycles. The highest BCUT2D eigenvalue weighted by atomic mass is 35.5. The number of halogens is 4. The predicted octanol–water partition coefficient (Wildman–Crippen LogP) is 3.04. The molecule has 0 saturated carbocycles. The molecule has 0 amide bonds. The molecule has 0 spiro atoms. The molecule has 1 aromatic heterocycles. The lowest BCUT2D eigenvalue weighted by Crippen LogP contribution is -2.43. The van der Waals surface area contributed by atoms with Crippen LogP contribution in [0.2, 0.25) is 5.02 Å². The van der Waals surface area contributed by atoms with Crippen molar-refractivity contribution in [1.82, 2.24) is 20.1 Å². The molecule has 1 N–H and O–H groups in total. The van der Waals surface area contributed by atoms with Crippen LogP contribution in [0.5, 0.6) is 5.88 Å². The standard InChI is InChI=1S/C19H25ClF3N5O/c1-2-24-18(28-9-5-15(13-28)27-7-3-4-8-27)25-6-10-29-17-16(20)11-14(12-26-17)19(21,22)23/h3-4,11-12,15H,2,5-10,13H2,1H3,(H,24,25). The molecule has 6 nitrogen and oxygen atoms in total. The molecule has 2 aliphatic heterocycles. The molecule has 1 fully saturated rings. The molecule has 2 aliphatic rings. The van der Waals surface area contributed by atoms with Gasteiger partial charge in [-0.3, -0.25) is 4.90 Å². The molecular weight excluding hydrogens is 407 g/mol. The topological polar surface area (TPSA) is 53.0 Å².